The molecule has 5 nitrogen and oxygen atoms in total. The van der Waals surface area contributed by atoms with Crippen LogP contribution in [0.25, 0.3) is 0 Å². The smallest absolute Gasteiger partial charge is 0.191 e. The highest BCUT2D eigenvalue weighted by Crippen LogP contribution is 2.28. The molecule has 1 aromatic rings. The van der Waals surface area contributed by atoms with Crippen LogP contribution in [0.2, 0.25) is 5.02 Å². The molecule has 1 aromatic carbocycles. The van der Waals surface area contributed by atoms with Crippen LogP contribution in [0.4, 0.5) is 0 Å². The Morgan fingerprint density at radius 1 is 1.12 bits per heavy atom. The summed E-state index contributed by atoms with van der Waals surface area (Å²) < 4.78 is 5.49. The molecule has 24 heavy (non-hydrogen) atoms. The van der Waals surface area contributed by atoms with Gasteiger partial charge >= 0.3 is 0 Å². The van der Waals surface area contributed by atoms with Crippen LogP contribution in [0.15, 0.2) is 29.3 Å². The van der Waals surface area contributed by atoms with Crippen LogP contribution < -0.4 is 5.73 Å². The van der Waals surface area contributed by atoms with Gasteiger partial charge in [0.05, 0.1) is 25.8 Å². The van der Waals surface area contributed by atoms with E-state index in [2.05, 4.69) is 15.9 Å². The number of morpholine rings is 1. The van der Waals surface area contributed by atoms with Gasteiger partial charge in [-0.05, 0) is 30.9 Å². The second kappa shape index (κ2) is 8.70. The summed E-state index contributed by atoms with van der Waals surface area (Å²) in [5.41, 5.74) is 7.36. The number of rotatable bonds is 4. The summed E-state index contributed by atoms with van der Waals surface area (Å²) in [5, 5.41) is 0.792. The van der Waals surface area contributed by atoms with Gasteiger partial charge in [0.25, 0.3) is 0 Å². The number of likely N-dealkylation sites (tertiary alicyclic amines) is 1. The first kappa shape index (κ1) is 17.5. The summed E-state index contributed by atoms with van der Waals surface area (Å²) in [6, 6.07) is 8.18. The number of nitrogens with two attached hydrogens (primary N) is 1. The highest BCUT2D eigenvalue weighted by Gasteiger charge is 2.24. The van der Waals surface area contributed by atoms with Gasteiger partial charge in [0.2, 0.25) is 0 Å². The number of guanidine groups is 1. The Bertz CT molecular complexity index is 554. The SMILES string of the molecule is NC(=NCC(c1ccccc1Cl)N1CCOCC1)N1CCCCC1. The minimum Gasteiger partial charge on any atom is -0.379 e. The molecular weight excluding hydrogens is 324 g/mol. The number of aliphatic imine (C=N–C) groups is 1. The predicted octanol–water partition coefficient (Wildman–Crippen LogP) is 2.51. The fourth-order valence-corrected chi connectivity index (χ4v) is 3.71. The van der Waals surface area contributed by atoms with Gasteiger partial charge in [0.15, 0.2) is 5.96 Å². The summed E-state index contributed by atoms with van der Waals surface area (Å²) in [6.45, 7) is 5.97. The van der Waals surface area contributed by atoms with Crippen molar-refractivity contribution < 1.29 is 4.74 Å². The van der Waals surface area contributed by atoms with Crippen molar-refractivity contribution in [3.63, 3.8) is 0 Å². The van der Waals surface area contributed by atoms with E-state index in [0.29, 0.717) is 12.5 Å². The lowest BCUT2D eigenvalue weighted by Gasteiger charge is -2.35. The lowest BCUT2D eigenvalue weighted by atomic mass is 10.0. The third kappa shape index (κ3) is 4.41. The molecular formula is C18H27ClN4O. The largest absolute Gasteiger partial charge is 0.379 e. The lowest BCUT2D eigenvalue weighted by Crippen LogP contribution is -2.43. The fraction of sp³-hybridized carbons (Fsp3) is 0.611. The maximum atomic E-state index is 6.45. The van der Waals surface area contributed by atoms with E-state index in [4.69, 9.17) is 27.1 Å². The zero-order valence-electron chi connectivity index (χ0n) is 14.2. The van der Waals surface area contributed by atoms with Crippen LogP contribution in [0.3, 0.4) is 0 Å². The van der Waals surface area contributed by atoms with Crippen LogP contribution in [-0.4, -0.2) is 61.7 Å². The number of ether oxygens (including phenoxy) is 1. The molecule has 0 saturated carbocycles. The summed E-state index contributed by atoms with van der Waals surface area (Å²) in [4.78, 5) is 9.32. The molecule has 0 bridgehead atoms. The molecule has 3 rings (SSSR count). The third-order valence-corrected chi connectivity index (χ3v) is 5.20. The fourth-order valence-electron chi connectivity index (χ4n) is 3.45. The van der Waals surface area contributed by atoms with Crippen molar-refractivity contribution in [3.05, 3.63) is 34.9 Å². The minimum atomic E-state index is 0.144. The highest BCUT2D eigenvalue weighted by molar-refractivity contribution is 6.31. The molecule has 132 valence electrons. The third-order valence-electron chi connectivity index (χ3n) is 4.86. The van der Waals surface area contributed by atoms with Gasteiger partial charge in [-0.1, -0.05) is 29.8 Å². The van der Waals surface area contributed by atoms with Crippen LogP contribution in [0.1, 0.15) is 30.9 Å². The van der Waals surface area contributed by atoms with Gasteiger partial charge in [-0.15, -0.1) is 0 Å². The Hall–Kier alpha value is -1.30. The van der Waals surface area contributed by atoms with Crippen molar-refractivity contribution in [1.29, 1.82) is 0 Å². The van der Waals surface area contributed by atoms with E-state index in [-0.39, 0.29) is 6.04 Å². The van der Waals surface area contributed by atoms with Crippen molar-refractivity contribution in [2.24, 2.45) is 10.7 Å². The highest BCUT2D eigenvalue weighted by atomic mass is 35.5. The van der Waals surface area contributed by atoms with Gasteiger partial charge in [-0.2, -0.15) is 0 Å². The Labute approximate surface area is 149 Å². The zero-order valence-corrected chi connectivity index (χ0v) is 14.9. The predicted molar refractivity (Wildman–Crippen MR) is 98.5 cm³/mol. The monoisotopic (exact) mass is 350 g/mol. The standard InChI is InChI=1S/C18H27ClN4O/c19-16-7-3-2-6-15(16)17(22-10-12-24-13-11-22)14-21-18(20)23-8-4-1-5-9-23/h2-3,6-7,17H,1,4-5,8-14H2,(H2,20,21). The molecule has 0 aliphatic carbocycles. The average molecular weight is 351 g/mol. The van der Waals surface area contributed by atoms with E-state index >= 15 is 0 Å². The zero-order chi connectivity index (χ0) is 16.8. The normalized spacial score (nSPS) is 21.7. The van der Waals surface area contributed by atoms with E-state index in [9.17, 15) is 0 Å². The number of hydrogen-bond donors (Lipinski definition) is 1. The van der Waals surface area contributed by atoms with Crippen LogP contribution in [0.5, 0.6) is 0 Å². The molecule has 1 unspecified atom stereocenters. The summed E-state index contributed by atoms with van der Waals surface area (Å²) in [5.74, 6) is 0.667. The summed E-state index contributed by atoms with van der Waals surface area (Å²) in [7, 11) is 0. The molecule has 2 saturated heterocycles. The summed E-state index contributed by atoms with van der Waals surface area (Å²) in [6.07, 6.45) is 3.70. The van der Waals surface area contributed by atoms with Crippen molar-refractivity contribution in [2.45, 2.75) is 25.3 Å². The number of hydrogen-bond acceptors (Lipinski definition) is 3. The molecule has 6 heteroatoms. The van der Waals surface area contributed by atoms with Gasteiger partial charge in [-0.3, -0.25) is 9.89 Å². The molecule has 0 amide bonds. The molecule has 1 atom stereocenters. The van der Waals surface area contributed by atoms with Gasteiger partial charge < -0.3 is 15.4 Å². The van der Waals surface area contributed by atoms with Crippen molar-refractivity contribution in [1.82, 2.24) is 9.80 Å². The minimum absolute atomic E-state index is 0.144. The maximum Gasteiger partial charge on any atom is 0.191 e. The van der Waals surface area contributed by atoms with Gasteiger partial charge in [0.1, 0.15) is 0 Å². The number of nitrogens with zero attached hydrogens (tertiary/aromatic N) is 3. The topological polar surface area (TPSA) is 54.1 Å². The molecule has 2 fully saturated rings. The lowest BCUT2D eigenvalue weighted by molar-refractivity contribution is 0.0179. The van der Waals surface area contributed by atoms with E-state index < -0.39 is 0 Å². The molecule has 2 aliphatic heterocycles. The molecule has 2 aliphatic rings. The maximum absolute atomic E-state index is 6.45. The Balaban J connectivity index is 1.75. The molecule has 0 spiro atoms. The Morgan fingerprint density at radius 2 is 1.83 bits per heavy atom. The quantitative estimate of drug-likeness (QED) is 0.669. The van der Waals surface area contributed by atoms with Crippen LogP contribution in [0, 0.1) is 0 Å². The number of piperidine rings is 1. The molecule has 2 N–H and O–H groups in total. The molecule has 0 radical (unpaired) electrons. The van der Waals surface area contributed by atoms with Crippen molar-refractivity contribution in [2.75, 3.05) is 45.9 Å². The van der Waals surface area contributed by atoms with E-state index in [1.165, 1.54) is 19.3 Å². The Kier molecular flexibility index (Phi) is 6.35. The number of halogens is 1. The second-order valence-electron chi connectivity index (χ2n) is 6.43. The Morgan fingerprint density at radius 3 is 2.54 bits per heavy atom. The first-order chi connectivity index (χ1) is 11.8. The van der Waals surface area contributed by atoms with E-state index in [1.54, 1.807) is 0 Å². The van der Waals surface area contributed by atoms with Crippen LogP contribution in [-0.2, 0) is 4.74 Å². The van der Waals surface area contributed by atoms with Crippen molar-refractivity contribution >= 4 is 17.6 Å². The first-order valence-electron chi connectivity index (χ1n) is 8.87. The number of benzene rings is 1. The van der Waals surface area contributed by atoms with Crippen molar-refractivity contribution in [3.8, 4) is 0 Å². The van der Waals surface area contributed by atoms with E-state index in [1.807, 2.05) is 18.2 Å². The molecule has 2 heterocycles. The van der Waals surface area contributed by atoms with Gasteiger partial charge in [0, 0.05) is 31.2 Å². The van der Waals surface area contributed by atoms with Crippen LogP contribution >= 0.6 is 11.6 Å². The summed E-state index contributed by atoms with van der Waals surface area (Å²) >= 11 is 6.45. The molecule has 0 aromatic heterocycles. The second-order valence-corrected chi connectivity index (χ2v) is 6.84. The van der Waals surface area contributed by atoms with E-state index in [0.717, 1.165) is 50.0 Å². The first-order valence-corrected chi connectivity index (χ1v) is 9.24. The average Bonchev–Trinajstić information content (AvgIpc) is 2.65. The van der Waals surface area contributed by atoms with Gasteiger partial charge in [-0.25, -0.2) is 0 Å².